The second-order valence-corrected chi connectivity index (χ2v) is 2.96. The number of imidazole rings is 1. The van der Waals surface area contributed by atoms with Gasteiger partial charge < -0.3 is 9.67 Å². The number of nitrogens with zero attached hydrogens (tertiary/aromatic N) is 4. The fourth-order valence-electron chi connectivity index (χ4n) is 1.11. The standard InChI is InChI=1S/C7H5ClN4O2/c8-6-5-7(10-2-9-6)12(3-11-5)1-4(13)14/h2-3H,1H2,(H,13,14). The molecule has 0 aliphatic rings. The van der Waals surface area contributed by atoms with Crippen LogP contribution in [0.15, 0.2) is 12.7 Å². The normalized spacial score (nSPS) is 10.6. The van der Waals surface area contributed by atoms with E-state index in [2.05, 4.69) is 15.0 Å². The van der Waals surface area contributed by atoms with Gasteiger partial charge in [-0.3, -0.25) is 4.79 Å². The molecule has 0 unspecified atom stereocenters. The van der Waals surface area contributed by atoms with Crippen LogP contribution in [0.5, 0.6) is 0 Å². The van der Waals surface area contributed by atoms with Gasteiger partial charge in [-0.25, -0.2) is 15.0 Å². The van der Waals surface area contributed by atoms with Crippen LogP contribution < -0.4 is 0 Å². The maximum atomic E-state index is 10.5. The van der Waals surface area contributed by atoms with E-state index in [1.54, 1.807) is 0 Å². The Morgan fingerprint density at radius 3 is 3.00 bits per heavy atom. The first kappa shape index (κ1) is 8.89. The van der Waals surface area contributed by atoms with Gasteiger partial charge in [-0.05, 0) is 0 Å². The summed E-state index contributed by atoms with van der Waals surface area (Å²) in [6.07, 6.45) is 2.64. The molecule has 0 fully saturated rings. The van der Waals surface area contributed by atoms with E-state index in [4.69, 9.17) is 16.7 Å². The Kier molecular flexibility index (Phi) is 2.05. The zero-order valence-corrected chi connectivity index (χ0v) is 7.64. The Morgan fingerprint density at radius 2 is 2.29 bits per heavy atom. The molecule has 0 radical (unpaired) electrons. The predicted octanol–water partition coefficient (Wildman–Crippen LogP) is 0.564. The molecule has 2 aromatic heterocycles. The molecule has 72 valence electrons. The van der Waals surface area contributed by atoms with Crippen molar-refractivity contribution in [1.29, 1.82) is 0 Å². The number of fused-ring (bicyclic) bond motifs is 1. The molecule has 14 heavy (non-hydrogen) atoms. The van der Waals surface area contributed by atoms with Crippen molar-refractivity contribution >= 4 is 28.7 Å². The molecule has 0 saturated carbocycles. The van der Waals surface area contributed by atoms with Crippen molar-refractivity contribution in [2.45, 2.75) is 6.54 Å². The minimum absolute atomic E-state index is 0.191. The average molecular weight is 213 g/mol. The van der Waals surface area contributed by atoms with E-state index in [-0.39, 0.29) is 11.7 Å². The van der Waals surface area contributed by atoms with E-state index in [0.717, 1.165) is 0 Å². The minimum atomic E-state index is -0.959. The quantitative estimate of drug-likeness (QED) is 0.736. The summed E-state index contributed by atoms with van der Waals surface area (Å²) >= 11 is 5.73. The van der Waals surface area contributed by atoms with Crippen molar-refractivity contribution in [3.05, 3.63) is 17.8 Å². The Balaban J connectivity index is 2.58. The number of carbonyl (C=O) groups is 1. The first-order valence-corrected chi connectivity index (χ1v) is 4.09. The summed E-state index contributed by atoms with van der Waals surface area (Å²) in [6.45, 7) is -0.191. The topological polar surface area (TPSA) is 80.9 Å². The number of hydrogen-bond donors (Lipinski definition) is 1. The van der Waals surface area contributed by atoms with E-state index in [9.17, 15) is 4.79 Å². The molecule has 2 rings (SSSR count). The third-order valence-electron chi connectivity index (χ3n) is 1.66. The summed E-state index contributed by atoms with van der Waals surface area (Å²) in [5.74, 6) is -0.959. The first-order chi connectivity index (χ1) is 6.68. The maximum Gasteiger partial charge on any atom is 0.323 e. The smallest absolute Gasteiger partial charge is 0.323 e. The lowest BCUT2D eigenvalue weighted by Gasteiger charge is -1.97. The van der Waals surface area contributed by atoms with Crippen LogP contribution in [-0.2, 0) is 11.3 Å². The molecule has 0 aromatic carbocycles. The fraction of sp³-hybridized carbons (Fsp3) is 0.143. The SMILES string of the molecule is O=C(O)Cn1cnc2c(Cl)ncnc21. The molecule has 0 spiro atoms. The van der Waals surface area contributed by atoms with Gasteiger partial charge in [-0.1, -0.05) is 11.6 Å². The molecular weight excluding hydrogens is 208 g/mol. The largest absolute Gasteiger partial charge is 0.480 e. The molecule has 0 amide bonds. The zero-order valence-electron chi connectivity index (χ0n) is 6.88. The van der Waals surface area contributed by atoms with E-state index in [1.165, 1.54) is 17.2 Å². The number of carboxylic acids is 1. The third-order valence-corrected chi connectivity index (χ3v) is 1.94. The molecule has 2 heterocycles. The zero-order chi connectivity index (χ0) is 10.1. The predicted molar refractivity (Wildman–Crippen MR) is 48.0 cm³/mol. The average Bonchev–Trinajstić information content (AvgIpc) is 2.49. The van der Waals surface area contributed by atoms with Gasteiger partial charge >= 0.3 is 5.97 Å². The molecule has 1 N–H and O–H groups in total. The summed E-state index contributed by atoms with van der Waals surface area (Å²) in [7, 11) is 0. The summed E-state index contributed by atoms with van der Waals surface area (Å²) in [4.78, 5) is 22.0. The van der Waals surface area contributed by atoms with Crippen molar-refractivity contribution in [2.75, 3.05) is 0 Å². The molecule has 7 heteroatoms. The van der Waals surface area contributed by atoms with Gasteiger partial charge in [0, 0.05) is 0 Å². The molecule has 0 bridgehead atoms. The second-order valence-electron chi connectivity index (χ2n) is 2.60. The molecule has 2 aromatic rings. The van der Waals surface area contributed by atoms with Gasteiger partial charge in [0.15, 0.2) is 10.8 Å². The lowest BCUT2D eigenvalue weighted by Crippen LogP contribution is -2.07. The van der Waals surface area contributed by atoms with Gasteiger partial charge in [0.2, 0.25) is 0 Å². The van der Waals surface area contributed by atoms with Gasteiger partial charge in [0.05, 0.1) is 6.33 Å². The minimum Gasteiger partial charge on any atom is -0.480 e. The molecule has 6 nitrogen and oxygen atoms in total. The molecule has 0 atom stereocenters. The number of aromatic nitrogens is 4. The van der Waals surface area contributed by atoms with Gasteiger partial charge in [0.25, 0.3) is 0 Å². The number of aliphatic carboxylic acids is 1. The van der Waals surface area contributed by atoms with Crippen molar-refractivity contribution < 1.29 is 9.90 Å². The maximum absolute atomic E-state index is 10.5. The van der Waals surface area contributed by atoms with Crippen LogP contribution in [0.1, 0.15) is 0 Å². The van der Waals surface area contributed by atoms with Crippen molar-refractivity contribution in [3.8, 4) is 0 Å². The van der Waals surface area contributed by atoms with E-state index >= 15 is 0 Å². The van der Waals surface area contributed by atoms with Gasteiger partial charge in [0.1, 0.15) is 18.4 Å². The summed E-state index contributed by atoms with van der Waals surface area (Å²) in [6, 6.07) is 0. The number of rotatable bonds is 2. The summed E-state index contributed by atoms with van der Waals surface area (Å²) < 4.78 is 1.39. The van der Waals surface area contributed by atoms with Crippen LogP contribution in [0.3, 0.4) is 0 Å². The van der Waals surface area contributed by atoms with Crippen LogP contribution in [-0.4, -0.2) is 30.6 Å². The Labute approximate surface area is 83.2 Å². The fourth-order valence-corrected chi connectivity index (χ4v) is 1.29. The molecule has 0 aliphatic carbocycles. The molecule has 0 aliphatic heterocycles. The van der Waals surface area contributed by atoms with E-state index in [0.29, 0.717) is 11.2 Å². The van der Waals surface area contributed by atoms with Crippen LogP contribution >= 0.6 is 11.6 Å². The first-order valence-electron chi connectivity index (χ1n) is 3.71. The Hall–Kier alpha value is -1.69. The third kappa shape index (κ3) is 1.39. The summed E-state index contributed by atoms with van der Waals surface area (Å²) in [5.41, 5.74) is 0.836. The monoisotopic (exact) mass is 212 g/mol. The molecular formula is C7H5ClN4O2. The summed E-state index contributed by atoms with van der Waals surface area (Å²) in [5, 5.41) is 8.81. The van der Waals surface area contributed by atoms with Crippen LogP contribution in [0, 0.1) is 0 Å². The van der Waals surface area contributed by atoms with Crippen LogP contribution in [0.25, 0.3) is 11.2 Å². The molecule has 0 saturated heterocycles. The van der Waals surface area contributed by atoms with Gasteiger partial charge in [-0.2, -0.15) is 0 Å². The van der Waals surface area contributed by atoms with Crippen molar-refractivity contribution in [2.24, 2.45) is 0 Å². The number of hydrogen-bond acceptors (Lipinski definition) is 4. The second kappa shape index (κ2) is 3.22. The van der Waals surface area contributed by atoms with Crippen molar-refractivity contribution in [1.82, 2.24) is 19.5 Å². The Bertz CT molecular complexity index is 495. The highest BCUT2D eigenvalue weighted by atomic mass is 35.5. The van der Waals surface area contributed by atoms with Gasteiger partial charge in [-0.15, -0.1) is 0 Å². The highest BCUT2D eigenvalue weighted by Crippen LogP contribution is 2.16. The van der Waals surface area contributed by atoms with E-state index < -0.39 is 5.97 Å². The van der Waals surface area contributed by atoms with Crippen molar-refractivity contribution in [3.63, 3.8) is 0 Å². The highest BCUT2D eigenvalue weighted by Gasteiger charge is 2.09. The number of halogens is 1. The highest BCUT2D eigenvalue weighted by molar-refractivity contribution is 6.33. The Morgan fingerprint density at radius 1 is 1.50 bits per heavy atom. The van der Waals surface area contributed by atoms with E-state index in [1.807, 2.05) is 0 Å². The lowest BCUT2D eigenvalue weighted by atomic mass is 10.5. The lowest BCUT2D eigenvalue weighted by molar-refractivity contribution is -0.137. The van der Waals surface area contributed by atoms with Crippen LogP contribution in [0.2, 0.25) is 5.15 Å². The number of carboxylic acid groups (broad SMARTS) is 1. The van der Waals surface area contributed by atoms with Crippen LogP contribution in [0.4, 0.5) is 0 Å².